The van der Waals surface area contributed by atoms with Crippen molar-refractivity contribution in [3.8, 4) is 0 Å². The Labute approximate surface area is 125 Å². The van der Waals surface area contributed by atoms with Crippen LogP contribution in [-0.4, -0.2) is 37.0 Å². The minimum Gasteiger partial charge on any atom is -0.469 e. The monoisotopic (exact) mass is 315 g/mol. The van der Waals surface area contributed by atoms with Crippen molar-refractivity contribution in [3.63, 3.8) is 0 Å². The normalized spacial score (nSPS) is 18.6. The number of alkyl halides is 3. The number of likely N-dealkylation sites (tertiary alicyclic amines) is 1. The van der Waals surface area contributed by atoms with Gasteiger partial charge in [0.2, 0.25) is 5.91 Å². The highest BCUT2D eigenvalue weighted by atomic mass is 19.4. The second-order valence-electron chi connectivity index (χ2n) is 5.21. The average molecular weight is 315 g/mol. The number of carbonyl (C=O) groups excluding carboxylic acids is 2. The standard InChI is InChI=1S/C15H16F3NO3/c1-22-14(21)11-8-13(20)19(9-11)7-6-10-2-4-12(5-3-10)15(16,17)18/h2-5,11H,6-9H2,1H3. The lowest BCUT2D eigenvalue weighted by molar-refractivity contribution is -0.145. The molecule has 0 spiro atoms. The zero-order valence-corrected chi connectivity index (χ0v) is 12.0. The van der Waals surface area contributed by atoms with E-state index in [4.69, 9.17) is 0 Å². The van der Waals surface area contributed by atoms with Crippen molar-refractivity contribution in [2.75, 3.05) is 20.2 Å². The predicted molar refractivity (Wildman–Crippen MR) is 71.9 cm³/mol. The molecule has 22 heavy (non-hydrogen) atoms. The minimum absolute atomic E-state index is 0.125. The molecule has 1 saturated heterocycles. The Hall–Kier alpha value is -2.05. The molecule has 0 saturated carbocycles. The molecule has 1 aliphatic rings. The SMILES string of the molecule is COC(=O)C1CC(=O)N(CCc2ccc(C(F)(F)F)cc2)C1. The van der Waals surface area contributed by atoms with Gasteiger partial charge in [0.15, 0.2) is 0 Å². The van der Waals surface area contributed by atoms with E-state index in [2.05, 4.69) is 4.74 Å². The van der Waals surface area contributed by atoms with Crippen molar-refractivity contribution < 1.29 is 27.5 Å². The van der Waals surface area contributed by atoms with Crippen molar-refractivity contribution in [1.29, 1.82) is 0 Å². The second-order valence-corrected chi connectivity index (χ2v) is 5.21. The molecular formula is C15H16F3NO3. The first kappa shape index (κ1) is 16.3. The fraction of sp³-hybridized carbons (Fsp3) is 0.467. The first-order valence-corrected chi connectivity index (χ1v) is 6.83. The molecule has 0 radical (unpaired) electrons. The van der Waals surface area contributed by atoms with Crippen LogP contribution >= 0.6 is 0 Å². The molecule has 1 atom stereocenters. The number of methoxy groups -OCH3 is 1. The highest BCUT2D eigenvalue weighted by Crippen LogP contribution is 2.29. The van der Waals surface area contributed by atoms with Gasteiger partial charge in [0.1, 0.15) is 0 Å². The smallest absolute Gasteiger partial charge is 0.416 e. The quantitative estimate of drug-likeness (QED) is 0.801. The van der Waals surface area contributed by atoms with Gasteiger partial charge in [-0.2, -0.15) is 13.2 Å². The molecule has 1 unspecified atom stereocenters. The molecule has 0 aromatic heterocycles. The van der Waals surface area contributed by atoms with E-state index in [1.165, 1.54) is 19.2 Å². The molecular weight excluding hydrogens is 299 g/mol. The Bertz CT molecular complexity index is 554. The largest absolute Gasteiger partial charge is 0.469 e. The van der Waals surface area contributed by atoms with Crippen LogP contribution in [0.2, 0.25) is 0 Å². The van der Waals surface area contributed by atoms with Crippen molar-refractivity contribution in [2.45, 2.75) is 19.0 Å². The van der Waals surface area contributed by atoms with Crippen LogP contribution in [0.15, 0.2) is 24.3 Å². The third-order valence-corrected chi connectivity index (χ3v) is 3.70. The van der Waals surface area contributed by atoms with Crippen LogP contribution in [0.4, 0.5) is 13.2 Å². The molecule has 4 nitrogen and oxygen atoms in total. The van der Waals surface area contributed by atoms with Crippen LogP contribution < -0.4 is 0 Å². The molecule has 120 valence electrons. The lowest BCUT2D eigenvalue weighted by Crippen LogP contribution is -2.28. The van der Waals surface area contributed by atoms with Gasteiger partial charge in [0, 0.05) is 19.5 Å². The summed E-state index contributed by atoms with van der Waals surface area (Å²) in [7, 11) is 1.28. The Morgan fingerprint density at radius 2 is 1.95 bits per heavy atom. The van der Waals surface area contributed by atoms with Crippen LogP contribution in [0.1, 0.15) is 17.5 Å². The van der Waals surface area contributed by atoms with E-state index in [-0.39, 0.29) is 12.3 Å². The predicted octanol–water partition coefficient (Wildman–Crippen LogP) is 2.27. The summed E-state index contributed by atoms with van der Waals surface area (Å²) >= 11 is 0. The number of hydrogen-bond acceptors (Lipinski definition) is 3. The summed E-state index contributed by atoms with van der Waals surface area (Å²) in [6.07, 6.45) is -3.78. The molecule has 0 bridgehead atoms. The molecule has 1 heterocycles. The summed E-state index contributed by atoms with van der Waals surface area (Å²) in [5, 5.41) is 0. The van der Waals surface area contributed by atoms with Gasteiger partial charge in [-0.05, 0) is 24.1 Å². The zero-order valence-electron chi connectivity index (χ0n) is 12.0. The summed E-state index contributed by atoms with van der Waals surface area (Å²) in [6.45, 7) is 0.670. The highest BCUT2D eigenvalue weighted by molar-refractivity contribution is 5.86. The van der Waals surface area contributed by atoms with Crippen molar-refractivity contribution in [1.82, 2.24) is 4.90 Å². The van der Waals surface area contributed by atoms with E-state index in [9.17, 15) is 22.8 Å². The summed E-state index contributed by atoms with van der Waals surface area (Å²) in [6, 6.07) is 4.86. The average Bonchev–Trinajstić information content (AvgIpc) is 2.85. The summed E-state index contributed by atoms with van der Waals surface area (Å²) in [5.74, 6) is -1.00. The van der Waals surface area contributed by atoms with Gasteiger partial charge in [-0.3, -0.25) is 9.59 Å². The molecule has 1 aliphatic heterocycles. The lowest BCUT2D eigenvalue weighted by atomic mass is 10.1. The van der Waals surface area contributed by atoms with Crippen LogP contribution in [0.5, 0.6) is 0 Å². The van der Waals surface area contributed by atoms with E-state index < -0.39 is 23.6 Å². The summed E-state index contributed by atoms with van der Waals surface area (Å²) in [5.41, 5.74) is 0.0153. The number of rotatable bonds is 4. The molecule has 1 aromatic rings. The van der Waals surface area contributed by atoms with Gasteiger partial charge in [-0.15, -0.1) is 0 Å². The second kappa shape index (κ2) is 6.37. The number of esters is 1. The van der Waals surface area contributed by atoms with Crippen LogP contribution in [0.25, 0.3) is 0 Å². The number of benzene rings is 1. The number of halogens is 3. The first-order valence-electron chi connectivity index (χ1n) is 6.83. The number of ether oxygens (including phenoxy) is 1. The number of hydrogen-bond donors (Lipinski definition) is 0. The molecule has 1 amide bonds. The van der Waals surface area contributed by atoms with Crippen LogP contribution in [0, 0.1) is 5.92 Å². The zero-order chi connectivity index (χ0) is 16.3. The highest BCUT2D eigenvalue weighted by Gasteiger charge is 2.34. The van der Waals surface area contributed by atoms with E-state index in [0.29, 0.717) is 25.1 Å². The summed E-state index contributed by atoms with van der Waals surface area (Å²) in [4.78, 5) is 24.7. The third-order valence-electron chi connectivity index (χ3n) is 3.70. The lowest BCUT2D eigenvalue weighted by Gasteiger charge is -2.16. The molecule has 7 heteroatoms. The van der Waals surface area contributed by atoms with E-state index in [0.717, 1.165) is 12.1 Å². The topological polar surface area (TPSA) is 46.6 Å². The van der Waals surface area contributed by atoms with Gasteiger partial charge >= 0.3 is 12.1 Å². The number of amides is 1. The first-order chi connectivity index (χ1) is 10.3. The maximum atomic E-state index is 12.5. The molecule has 0 aliphatic carbocycles. The van der Waals surface area contributed by atoms with Gasteiger partial charge in [0.25, 0.3) is 0 Å². The van der Waals surface area contributed by atoms with Gasteiger partial charge in [-0.1, -0.05) is 12.1 Å². The maximum absolute atomic E-state index is 12.5. The van der Waals surface area contributed by atoms with E-state index in [1.807, 2.05) is 0 Å². The fourth-order valence-corrected chi connectivity index (χ4v) is 2.44. The fourth-order valence-electron chi connectivity index (χ4n) is 2.44. The van der Waals surface area contributed by atoms with E-state index >= 15 is 0 Å². The Morgan fingerprint density at radius 3 is 2.50 bits per heavy atom. The number of carbonyl (C=O) groups is 2. The molecule has 1 fully saturated rings. The Kier molecular flexibility index (Phi) is 4.73. The Morgan fingerprint density at radius 1 is 1.32 bits per heavy atom. The van der Waals surface area contributed by atoms with E-state index in [1.54, 1.807) is 4.90 Å². The molecule has 2 rings (SSSR count). The number of nitrogens with zero attached hydrogens (tertiary/aromatic N) is 1. The van der Waals surface area contributed by atoms with Gasteiger partial charge in [0.05, 0.1) is 18.6 Å². The van der Waals surface area contributed by atoms with Gasteiger partial charge < -0.3 is 9.64 Å². The summed E-state index contributed by atoms with van der Waals surface area (Å²) < 4.78 is 42.0. The molecule has 1 aromatic carbocycles. The minimum atomic E-state index is -4.35. The van der Waals surface area contributed by atoms with Gasteiger partial charge in [-0.25, -0.2) is 0 Å². The van der Waals surface area contributed by atoms with Crippen molar-refractivity contribution in [2.24, 2.45) is 5.92 Å². The maximum Gasteiger partial charge on any atom is 0.416 e. The molecule has 0 N–H and O–H groups in total. The van der Waals surface area contributed by atoms with Crippen LogP contribution in [0.3, 0.4) is 0 Å². The third kappa shape index (κ3) is 3.78. The Balaban J connectivity index is 1.91. The van der Waals surface area contributed by atoms with Crippen molar-refractivity contribution in [3.05, 3.63) is 35.4 Å². The van der Waals surface area contributed by atoms with Crippen LogP contribution in [-0.2, 0) is 26.9 Å². The van der Waals surface area contributed by atoms with Crippen molar-refractivity contribution >= 4 is 11.9 Å².